The smallest absolute Gasteiger partial charge is 0.263 e. The van der Waals surface area contributed by atoms with Gasteiger partial charge in [-0.2, -0.15) is 4.98 Å². The number of pyridine rings is 1. The van der Waals surface area contributed by atoms with Crippen LogP contribution in [-0.4, -0.2) is 20.1 Å². The van der Waals surface area contributed by atoms with Crippen LogP contribution in [0.2, 0.25) is 0 Å². The van der Waals surface area contributed by atoms with Gasteiger partial charge in [0.25, 0.3) is 5.56 Å². The van der Waals surface area contributed by atoms with Crippen LogP contribution in [-0.2, 0) is 0 Å². The fraction of sp³-hybridized carbons (Fsp3) is 0. The zero-order chi connectivity index (χ0) is 14.8. The lowest BCUT2D eigenvalue weighted by Gasteiger charge is -2.06. The molecule has 0 radical (unpaired) electrons. The number of aromatic amines is 1. The van der Waals surface area contributed by atoms with E-state index in [-0.39, 0.29) is 17.0 Å². The highest BCUT2D eigenvalue weighted by molar-refractivity contribution is 5.69. The Bertz CT molecular complexity index is 847. The number of aromatic nitrogens is 3. The summed E-state index contributed by atoms with van der Waals surface area (Å²) in [6, 6.07) is 9.06. The Morgan fingerprint density at radius 1 is 1.14 bits per heavy atom. The highest BCUT2D eigenvalue weighted by Gasteiger charge is 2.16. The van der Waals surface area contributed by atoms with E-state index in [2.05, 4.69) is 15.0 Å². The number of benzene rings is 1. The second-order valence-corrected chi connectivity index (χ2v) is 4.33. The Labute approximate surface area is 118 Å². The topological polar surface area (TPSA) is 78.9 Å². The summed E-state index contributed by atoms with van der Waals surface area (Å²) in [6.45, 7) is 0. The van der Waals surface area contributed by atoms with Gasteiger partial charge in [0, 0.05) is 23.5 Å². The van der Waals surface area contributed by atoms with Crippen LogP contribution in [0.3, 0.4) is 0 Å². The van der Waals surface area contributed by atoms with Crippen molar-refractivity contribution in [3.05, 3.63) is 65.0 Å². The monoisotopic (exact) mass is 283 g/mol. The van der Waals surface area contributed by atoms with E-state index in [9.17, 15) is 14.3 Å². The third kappa shape index (κ3) is 2.38. The molecule has 1 aromatic carbocycles. The van der Waals surface area contributed by atoms with Crippen molar-refractivity contribution in [2.75, 3.05) is 0 Å². The Kier molecular flexibility index (Phi) is 3.19. The van der Waals surface area contributed by atoms with Gasteiger partial charge in [-0.15, -0.1) is 0 Å². The number of rotatable bonds is 2. The molecule has 0 aliphatic carbocycles. The van der Waals surface area contributed by atoms with E-state index in [4.69, 9.17) is 0 Å². The summed E-state index contributed by atoms with van der Waals surface area (Å²) in [5, 5.41) is 9.99. The van der Waals surface area contributed by atoms with Crippen molar-refractivity contribution in [3.63, 3.8) is 0 Å². The number of nitrogens with one attached hydrogen (secondary N) is 1. The number of nitrogens with zero attached hydrogens (tertiary/aromatic N) is 2. The normalized spacial score (nSPS) is 10.5. The molecule has 5 nitrogen and oxygen atoms in total. The van der Waals surface area contributed by atoms with Crippen LogP contribution in [0, 0.1) is 5.82 Å². The largest absolute Gasteiger partial charge is 0.493 e. The highest BCUT2D eigenvalue weighted by atomic mass is 19.1. The zero-order valence-corrected chi connectivity index (χ0v) is 10.7. The van der Waals surface area contributed by atoms with Crippen LogP contribution >= 0.6 is 0 Å². The Morgan fingerprint density at radius 2 is 1.95 bits per heavy atom. The number of halogens is 1. The fourth-order valence-corrected chi connectivity index (χ4v) is 2.01. The van der Waals surface area contributed by atoms with Crippen LogP contribution in [0.25, 0.3) is 22.5 Å². The molecule has 0 saturated carbocycles. The van der Waals surface area contributed by atoms with E-state index in [0.29, 0.717) is 5.56 Å². The van der Waals surface area contributed by atoms with Crippen molar-refractivity contribution in [1.29, 1.82) is 0 Å². The first-order chi connectivity index (χ1) is 10.2. The molecule has 0 saturated heterocycles. The van der Waals surface area contributed by atoms with Crippen LogP contribution < -0.4 is 5.56 Å². The molecule has 0 atom stereocenters. The number of hydrogen-bond acceptors (Lipinski definition) is 4. The van der Waals surface area contributed by atoms with Gasteiger partial charge >= 0.3 is 0 Å². The summed E-state index contributed by atoms with van der Waals surface area (Å²) in [4.78, 5) is 22.5. The van der Waals surface area contributed by atoms with E-state index in [0.717, 1.165) is 0 Å². The maximum Gasteiger partial charge on any atom is 0.263 e. The van der Waals surface area contributed by atoms with E-state index in [1.54, 1.807) is 24.4 Å². The molecule has 0 unspecified atom stereocenters. The van der Waals surface area contributed by atoms with Crippen LogP contribution in [0.15, 0.2) is 53.6 Å². The van der Waals surface area contributed by atoms with Gasteiger partial charge in [-0.3, -0.25) is 9.78 Å². The van der Waals surface area contributed by atoms with Gasteiger partial charge in [-0.05, 0) is 18.2 Å². The van der Waals surface area contributed by atoms with E-state index in [1.807, 2.05) is 0 Å². The molecule has 0 aliphatic heterocycles. The Hall–Kier alpha value is -3.02. The van der Waals surface area contributed by atoms with E-state index < -0.39 is 17.3 Å². The minimum Gasteiger partial charge on any atom is -0.493 e. The predicted molar refractivity (Wildman–Crippen MR) is 75.1 cm³/mol. The van der Waals surface area contributed by atoms with Crippen LogP contribution in [0.4, 0.5) is 4.39 Å². The van der Waals surface area contributed by atoms with Gasteiger partial charge in [0.1, 0.15) is 17.2 Å². The lowest BCUT2D eigenvalue weighted by atomic mass is 10.1. The Balaban J connectivity index is 2.19. The molecule has 0 bridgehead atoms. The molecule has 3 aromatic rings. The molecule has 104 valence electrons. The first-order valence-electron chi connectivity index (χ1n) is 6.15. The van der Waals surface area contributed by atoms with Crippen molar-refractivity contribution >= 4 is 0 Å². The minimum absolute atomic E-state index is 0.00138. The standard InChI is InChI=1S/C15H10FN3O2/c16-11-6-2-1-5-10(11)12-14(20)18-13(19-15(12)21)9-4-3-7-17-8-9/h1-8H,(H2,18,19,20,21). The molecule has 6 heteroatoms. The van der Waals surface area contributed by atoms with Crippen molar-refractivity contribution in [2.24, 2.45) is 0 Å². The molecule has 21 heavy (non-hydrogen) atoms. The summed E-state index contributed by atoms with van der Waals surface area (Å²) >= 11 is 0. The lowest BCUT2D eigenvalue weighted by molar-refractivity contribution is 0.453. The van der Waals surface area contributed by atoms with Gasteiger partial charge in [0.15, 0.2) is 0 Å². The first kappa shape index (κ1) is 13.0. The van der Waals surface area contributed by atoms with Crippen molar-refractivity contribution in [2.45, 2.75) is 0 Å². The molecule has 0 spiro atoms. The molecule has 2 heterocycles. The number of aromatic hydroxyl groups is 1. The molecule has 3 rings (SSSR count). The second kappa shape index (κ2) is 5.16. The van der Waals surface area contributed by atoms with E-state index in [1.165, 1.54) is 24.4 Å². The van der Waals surface area contributed by atoms with Gasteiger partial charge in [0.2, 0.25) is 5.88 Å². The van der Waals surface area contributed by atoms with Crippen molar-refractivity contribution < 1.29 is 9.50 Å². The quantitative estimate of drug-likeness (QED) is 0.756. The molecule has 2 N–H and O–H groups in total. The Morgan fingerprint density at radius 3 is 2.62 bits per heavy atom. The van der Waals surface area contributed by atoms with Crippen molar-refractivity contribution in [1.82, 2.24) is 15.0 Å². The van der Waals surface area contributed by atoms with Gasteiger partial charge < -0.3 is 10.1 Å². The summed E-state index contributed by atoms with van der Waals surface area (Å²) in [5.74, 6) is -0.956. The average Bonchev–Trinajstić information content (AvgIpc) is 2.49. The summed E-state index contributed by atoms with van der Waals surface area (Å²) < 4.78 is 13.8. The van der Waals surface area contributed by atoms with Gasteiger partial charge in [0.05, 0.1) is 0 Å². The lowest BCUT2D eigenvalue weighted by Crippen LogP contribution is -2.12. The van der Waals surface area contributed by atoms with Gasteiger partial charge in [-0.25, -0.2) is 4.39 Å². The predicted octanol–water partition coefficient (Wildman–Crippen LogP) is 2.34. The summed E-state index contributed by atoms with van der Waals surface area (Å²) in [5.41, 5.74) is -0.265. The minimum atomic E-state index is -0.619. The highest BCUT2D eigenvalue weighted by Crippen LogP contribution is 2.27. The van der Waals surface area contributed by atoms with Gasteiger partial charge in [-0.1, -0.05) is 18.2 Å². The van der Waals surface area contributed by atoms with E-state index >= 15 is 0 Å². The molecule has 0 amide bonds. The molecular formula is C15H10FN3O2. The maximum atomic E-state index is 13.8. The number of hydrogen-bond donors (Lipinski definition) is 2. The first-order valence-corrected chi connectivity index (χ1v) is 6.15. The fourth-order valence-electron chi connectivity index (χ4n) is 2.01. The van der Waals surface area contributed by atoms with Crippen LogP contribution in [0.1, 0.15) is 0 Å². The molecule has 0 aliphatic rings. The third-order valence-electron chi connectivity index (χ3n) is 2.98. The third-order valence-corrected chi connectivity index (χ3v) is 2.98. The molecule has 2 aromatic heterocycles. The average molecular weight is 283 g/mol. The number of H-pyrrole nitrogens is 1. The van der Waals surface area contributed by atoms with Crippen molar-refractivity contribution in [3.8, 4) is 28.4 Å². The zero-order valence-electron chi connectivity index (χ0n) is 10.7. The molecule has 0 fully saturated rings. The summed E-state index contributed by atoms with van der Waals surface area (Å²) in [6.07, 6.45) is 3.08. The second-order valence-electron chi connectivity index (χ2n) is 4.33. The molecular weight excluding hydrogens is 273 g/mol. The SMILES string of the molecule is O=c1[nH]c(-c2cccnc2)nc(O)c1-c1ccccc1F. The maximum absolute atomic E-state index is 13.8. The summed E-state index contributed by atoms with van der Waals surface area (Å²) in [7, 11) is 0. The van der Waals surface area contributed by atoms with Crippen LogP contribution in [0.5, 0.6) is 5.88 Å².